The first-order chi connectivity index (χ1) is 11.6. The van der Waals surface area contributed by atoms with Gasteiger partial charge in [-0.25, -0.2) is 9.97 Å². The van der Waals surface area contributed by atoms with E-state index in [9.17, 15) is 4.79 Å². The van der Waals surface area contributed by atoms with Gasteiger partial charge in [0, 0.05) is 24.8 Å². The summed E-state index contributed by atoms with van der Waals surface area (Å²) in [6.07, 6.45) is 4.04. The third-order valence-corrected chi connectivity index (χ3v) is 4.16. The molecule has 1 aromatic heterocycles. The van der Waals surface area contributed by atoms with Crippen LogP contribution >= 0.6 is 0 Å². The number of fused-ring (bicyclic) bond motifs is 1. The fourth-order valence-corrected chi connectivity index (χ4v) is 2.94. The van der Waals surface area contributed by atoms with Crippen molar-refractivity contribution in [2.45, 2.75) is 19.4 Å². The minimum Gasteiger partial charge on any atom is -0.368 e. The lowest BCUT2D eigenvalue weighted by Crippen LogP contribution is -2.36. The van der Waals surface area contributed by atoms with Crippen molar-refractivity contribution in [1.29, 1.82) is 0 Å². The van der Waals surface area contributed by atoms with E-state index in [1.54, 1.807) is 12.4 Å². The third kappa shape index (κ3) is 3.38. The maximum atomic E-state index is 12.8. The van der Waals surface area contributed by atoms with E-state index >= 15 is 0 Å². The van der Waals surface area contributed by atoms with Crippen LogP contribution in [0.15, 0.2) is 36.7 Å². The molecular weight excluding hydrogens is 302 g/mol. The highest BCUT2D eigenvalue weighted by Gasteiger charge is 2.31. The molecule has 0 bridgehead atoms. The van der Waals surface area contributed by atoms with Gasteiger partial charge in [0.05, 0.1) is 12.4 Å². The number of carbonyl (C=O) groups excluding carboxylic acids is 1. The molecule has 1 aliphatic heterocycles. The maximum Gasteiger partial charge on any atom is 0.278 e. The van der Waals surface area contributed by atoms with Crippen LogP contribution in [0, 0.1) is 0 Å². The smallest absolute Gasteiger partial charge is 0.278 e. The van der Waals surface area contributed by atoms with Crippen LogP contribution in [0.1, 0.15) is 23.0 Å². The largest absolute Gasteiger partial charge is 0.368 e. The zero-order valence-corrected chi connectivity index (χ0v) is 14.4. The SMILES string of the molecule is CC1Cc2ccccc2N1C(=O)c1cnc(NCCN(C)C)cn1. The average Bonchev–Trinajstić information content (AvgIpc) is 2.90. The van der Waals surface area contributed by atoms with Crippen LogP contribution < -0.4 is 10.2 Å². The van der Waals surface area contributed by atoms with Crippen molar-refractivity contribution in [3.8, 4) is 0 Å². The number of carbonyl (C=O) groups is 1. The monoisotopic (exact) mass is 325 g/mol. The topological polar surface area (TPSA) is 61.4 Å². The van der Waals surface area contributed by atoms with E-state index in [1.807, 2.05) is 37.2 Å². The zero-order valence-electron chi connectivity index (χ0n) is 14.4. The number of benzene rings is 1. The molecule has 6 nitrogen and oxygen atoms in total. The summed E-state index contributed by atoms with van der Waals surface area (Å²) < 4.78 is 0. The van der Waals surface area contributed by atoms with Crippen molar-refractivity contribution >= 4 is 17.4 Å². The number of nitrogens with one attached hydrogen (secondary N) is 1. The van der Waals surface area contributed by atoms with Gasteiger partial charge in [-0.2, -0.15) is 0 Å². The zero-order chi connectivity index (χ0) is 17.1. The van der Waals surface area contributed by atoms with E-state index in [1.165, 1.54) is 5.56 Å². The summed E-state index contributed by atoms with van der Waals surface area (Å²) in [5, 5.41) is 3.20. The van der Waals surface area contributed by atoms with Gasteiger partial charge in [0.15, 0.2) is 0 Å². The van der Waals surface area contributed by atoms with E-state index in [0.29, 0.717) is 11.5 Å². The van der Waals surface area contributed by atoms with Crippen molar-refractivity contribution in [3.05, 3.63) is 47.9 Å². The second-order valence-corrected chi connectivity index (χ2v) is 6.37. The summed E-state index contributed by atoms with van der Waals surface area (Å²) in [6, 6.07) is 8.16. The molecule has 0 spiro atoms. The number of likely N-dealkylation sites (N-methyl/N-ethyl adjacent to an activating group) is 1. The van der Waals surface area contributed by atoms with E-state index in [4.69, 9.17) is 0 Å². The molecule has 1 unspecified atom stereocenters. The first-order valence-electron chi connectivity index (χ1n) is 8.18. The molecule has 2 aromatic rings. The number of amides is 1. The fourth-order valence-electron chi connectivity index (χ4n) is 2.94. The van der Waals surface area contributed by atoms with Gasteiger partial charge in [0.1, 0.15) is 11.5 Å². The quantitative estimate of drug-likeness (QED) is 0.911. The minimum absolute atomic E-state index is 0.0974. The number of hydrogen-bond donors (Lipinski definition) is 1. The number of rotatable bonds is 5. The normalized spacial score (nSPS) is 16.3. The number of hydrogen-bond acceptors (Lipinski definition) is 5. The second-order valence-electron chi connectivity index (χ2n) is 6.37. The van der Waals surface area contributed by atoms with Gasteiger partial charge in [-0.3, -0.25) is 4.79 Å². The number of aromatic nitrogens is 2. The Bertz CT molecular complexity index is 714. The summed E-state index contributed by atoms with van der Waals surface area (Å²) in [5.41, 5.74) is 2.55. The number of para-hydroxylation sites is 1. The summed E-state index contributed by atoms with van der Waals surface area (Å²) >= 11 is 0. The Morgan fingerprint density at radius 2 is 2.08 bits per heavy atom. The molecule has 1 amide bonds. The molecule has 0 fully saturated rings. The summed E-state index contributed by atoms with van der Waals surface area (Å²) in [4.78, 5) is 25.3. The lowest BCUT2D eigenvalue weighted by atomic mass is 10.1. The molecule has 0 aliphatic carbocycles. The highest BCUT2D eigenvalue weighted by Crippen LogP contribution is 2.32. The Kier molecular flexibility index (Phi) is 4.76. The lowest BCUT2D eigenvalue weighted by molar-refractivity contribution is 0.0976. The summed E-state index contributed by atoms with van der Waals surface area (Å²) in [7, 11) is 4.04. The van der Waals surface area contributed by atoms with Crippen LogP contribution in [0.25, 0.3) is 0 Å². The average molecular weight is 325 g/mol. The third-order valence-electron chi connectivity index (χ3n) is 4.16. The van der Waals surface area contributed by atoms with Crippen molar-refractivity contribution in [3.63, 3.8) is 0 Å². The highest BCUT2D eigenvalue weighted by atomic mass is 16.2. The molecular formula is C18H23N5O. The van der Waals surface area contributed by atoms with Gasteiger partial charge < -0.3 is 15.1 Å². The summed E-state index contributed by atoms with van der Waals surface area (Å²) in [6.45, 7) is 3.75. The van der Waals surface area contributed by atoms with Gasteiger partial charge >= 0.3 is 0 Å². The molecule has 0 radical (unpaired) electrons. The Balaban J connectivity index is 1.71. The van der Waals surface area contributed by atoms with Crippen molar-refractivity contribution in [2.75, 3.05) is 37.4 Å². The molecule has 2 heterocycles. The molecule has 1 aliphatic rings. The number of anilines is 2. The van der Waals surface area contributed by atoms with Crippen LogP contribution in [0.5, 0.6) is 0 Å². The van der Waals surface area contributed by atoms with Crippen LogP contribution in [-0.2, 0) is 6.42 Å². The molecule has 1 aromatic carbocycles. The predicted octanol–water partition coefficient (Wildman–Crippen LogP) is 2.04. The maximum absolute atomic E-state index is 12.8. The van der Waals surface area contributed by atoms with Gasteiger partial charge in [-0.15, -0.1) is 0 Å². The first kappa shape index (κ1) is 16.4. The van der Waals surface area contributed by atoms with Crippen LogP contribution in [-0.4, -0.2) is 54.0 Å². The summed E-state index contributed by atoms with van der Waals surface area (Å²) in [5.74, 6) is 0.586. The van der Waals surface area contributed by atoms with E-state index in [2.05, 4.69) is 33.2 Å². The van der Waals surface area contributed by atoms with Crippen LogP contribution in [0.2, 0.25) is 0 Å². The fraction of sp³-hybridized carbons (Fsp3) is 0.389. The Labute approximate surface area is 142 Å². The molecule has 24 heavy (non-hydrogen) atoms. The van der Waals surface area contributed by atoms with Crippen molar-refractivity contribution in [2.24, 2.45) is 0 Å². The standard InChI is InChI=1S/C18H23N5O/c1-13-10-14-6-4-5-7-16(14)23(13)18(24)15-11-21-17(12-20-15)19-8-9-22(2)3/h4-7,11-13H,8-10H2,1-3H3,(H,19,21). The van der Waals surface area contributed by atoms with Crippen molar-refractivity contribution in [1.82, 2.24) is 14.9 Å². The van der Waals surface area contributed by atoms with Gasteiger partial charge in [0.25, 0.3) is 5.91 Å². The molecule has 3 rings (SSSR count). The Morgan fingerprint density at radius 1 is 1.29 bits per heavy atom. The highest BCUT2D eigenvalue weighted by molar-refractivity contribution is 6.06. The first-order valence-corrected chi connectivity index (χ1v) is 8.18. The Morgan fingerprint density at radius 3 is 2.79 bits per heavy atom. The number of nitrogens with zero attached hydrogens (tertiary/aromatic N) is 4. The van der Waals surface area contributed by atoms with Crippen LogP contribution in [0.3, 0.4) is 0 Å². The molecule has 1 N–H and O–H groups in total. The molecule has 0 saturated carbocycles. The van der Waals surface area contributed by atoms with Gasteiger partial charge in [0.2, 0.25) is 0 Å². The minimum atomic E-state index is -0.0974. The molecule has 0 saturated heterocycles. The Hall–Kier alpha value is -2.47. The van der Waals surface area contributed by atoms with E-state index in [-0.39, 0.29) is 11.9 Å². The molecule has 126 valence electrons. The predicted molar refractivity (Wildman–Crippen MR) is 95.5 cm³/mol. The van der Waals surface area contributed by atoms with E-state index < -0.39 is 0 Å². The lowest BCUT2D eigenvalue weighted by Gasteiger charge is -2.22. The molecule has 6 heteroatoms. The van der Waals surface area contributed by atoms with Crippen molar-refractivity contribution < 1.29 is 4.79 Å². The van der Waals surface area contributed by atoms with Gasteiger partial charge in [-0.1, -0.05) is 18.2 Å². The van der Waals surface area contributed by atoms with Crippen LogP contribution in [0.4, 0.5) is 11.5 Å². The second kappa shape index (κ2) is 6.97. The molecule has 1 atom stereocenters. The van der Waals surface area contributed by atoms with Gasteiger partial charge in [-0.05, 0) is 39.1 Å². The van der Waals surface area contributed by atoms with E-state index in [0.717, 1.165) is 25.2 Å².